The second kappa shape index (κ2) is 11.7. The molecule has 38 heavy (non-hydrogen) atoms. The molecule has 2 atom stereocenters. The standard InChI is InChI=1S/C28H25F3N6O/c1-19(21-9-7-20(13-32)8-10-21)14-34-26(22-5-3-2-4-6-22)27(38)36-25-12-11-23(15-33-25)24-16-35-37(17-24)18-28(29,30)31/h2-12,15-17,19,26,34H,14,18H2,1H3,(H,33,36,38)/t19-,26-/m0/s1. The largest absolute Gasteiger partial charge is 0.408 e. The van der Waals surface area contributed by atoms with E-state index in [9.17, 15) is 18.0 Å². The first-order valence-electron chi connectivity index (χ1n) is 11.9. The molecular weight excluding hydrogens is 493 g/mol. The summed E-state index contributed by atoms with van der Waals surface area (Å²) in [5, 5.41) is 18.9. The third kappa shape index (κ3) is 7.05. The van der Waals surface area contributed by atoms with E-state index in [4.69, 9.17) is 5.26 Å². The highest BCUT2D eigenvalue weighted by Gasteiger charge is 2.28. The van der Waals surface area contributed by atoms with Gasteiger partial charge in [-0.25, -0.2) is 4.98 Å². The zero-order valence-electron chi connectivity index (χ0n) is 20.5. The second-order valence-corrected chi connectivity index (χ2v) is 8.85. The van der Waals surface area contributed by atoms with Crippen molar-refractivity contribution >= 4 is 11.7 Å². The van der Waals surface area contributed by atoms with E-state index in [-0.39, 0.29) is 11.8 Å². The van der Waals surface area contributed by atoms with Crippen LogP contribution >= 0.6 is 0 Å². The Bertz CT molecular complexity index is 1390. The summed E-state index contributed by atoms with van der Waals surface area (Å²) < 4.78 is 38.6. The average molecular weight is 519 g/mol. The van der Waals surface area contributed by atoms with Gasteiger partial charge >= 0.3 is 6.18 Å². The molecule has 0 aliphatic rings. The lowest BCUT2D eigenvalue weighted by Crippen LogP contribution is -2.35. The molecule has 1 amide bonds. The van der Waals surface area contributed by atoms with Gasteiger partial charge in [-0.3, -0.25) is 9.48 Å². The number of nitriles is 1. The monoisotopic (exact) mass is 518 g/mol. The van der Waals surface area contributed by atoms with Gasteiger partial charge in [0.1, 0.15) is 18.4 Å². The predicted molar refractivity (Wildman–Crippen MR) is 137 cm³/mol. The zero-order valence-corrected chi connectivity index (χ0v) is 20.5. The van der Waals surface area contributed by atoms with Crippen LogP contribution in [0.1, 0.15) is 35.6 Å². The van der Waals surface area contributed by atoms with Crippen LogP contribution in [-0.2, 0) is 11.3 Å². The van der Waals surface area contributed by atoms with E-state index in [1.54, 1.807) is 24.3 Å². The molecule has 0 radical (unpaired) electrons. The SMILES string of the molecule is C[C@@H](CN[C@H](C(=O)Nc1ccc(-c2cnn(CC(F)(F)F)c2)cn1)c1ccccc1)c1ccc(C#N)cc1. The van der Waals surface area contributed by atoms with Crippen molar-refractivity contribution in [3.8, 4) is 17.2 Å². The second-order valence-electron chi connectivity index (χ2n) is 8.85. The van der Waals surface area contributed by atoms with Crippen LogP contribution in [0.2, 0.25) is 0 Å². The molecular formula is C28H25F3N6O. The molecule has 7 nitrogen and oxygen atoms in total. The highest BCUT2D eigenvalue weighted by molar-refractivity contribution is 5.95. The number of carbonyl (C=O) groups excluding carboxylic acids is 1. The van der Waals surface area contributed by atoms with Gasteiger partial charge in [0, 0.05) is 30.1 Å². The van der Waals surface area contributed by atoms with Crippen molar-refractivity contribution < 1.29 is 18.0 Å². The molecule has 194 valence electrons. The third-order valence-corrected chi connectivity index (χ3v) is 5.95. The molecule has 0 saturated heterocycles. The van der Waals surface area contributed by atoms with E-state index < -0.39 is 18.8 Å². The van der Waals surface area contributed by atoms with Crippen LogP contribution in [0.25, 0.3) is 11.1 Å². The van der Waals surface area contributed by atoms with Gasteiger partial charge in [0.2, 0.25) is 5.91 Å². The Kier molecular flexibility index (Phi) is 8.19. The molecule has 4 rings (SSSR count). The van der Waals surface area contributed by atoms with Gasteiger partial charge in [0.15, 0.2) is 0 Å². The number of nitrogens with zero attached hydrogens (tertiary/aromatic N) is 4. The van der Waals surface area contributed by atoms with Crippen molar-refractivity contribution in [1.29, 1.82) is 5.26 Å². The summed E-state index contributed by atoms with van der Waals surface area (Å²) in [7, 11) is 0. The van der Waals surface area contributed by atoms with Gasteiger partial charge in [0.25, 0.3) is 0 Å². The van der Waals surface area contributed by atoms with E-state index in [2.05, 4.69) is 26.8 Å². The van der Waals surface area contributed by atoms with Gasteiger partial charge in [-0.1, -0.05) is 49.4 Å². The van der Waals surface area contributed by atoms with E-state index >= 15 is 0 Å². The summed E-state index contributed by atoms with van der Waals surface area (Å²) in [6.07, 6.45) is -0.250. The van der Waals surface area contributed by atoms with Crippen LogP contribution in [-0.4, -0.2) is 33.4 Å². The Balaban J connectivity index is 1.43. The van der Waals surface area contributed by atoms with E-state index in [1.807, 2.05) is 49.4 Å². The third-order valence-electron chi connectivity index (χ3n) is 5.95. The zero-order chi connectivity index (χ0) is 27.1. The Hall–Kier alpha value is -4.49. The summed E-state index contributed by atoms with van der Waals surface area (Å²) in [4.78, 5) is 17.5. The average Bonchev–Trinajstić information content (AvgIpc) is 3.36. The van der Waals surface area contributed by atoms with Gasteiger partial charge in [-0.2, -0.15) is 23.5 Å². The van der Waals surface area contributed by atoms with E-state index in [1.165, 1.54) is 18.6 Å². The summed E-state index contributed by atoms with van der Waals surface area (Å²) in [5.74, 6) is 0.0863. The van der Waals surface area contributed by atoms with Gasteiger partial charge in [-0.15, -0.1) is 0 Å². The number of aromatic nitrogens is 3. The minimum Gasteiger partial charge on any atom is -0.309 e. The molecule has 0 spiro atoms. The quantitative estimate of drug-likeness (QED) is 0.307. The number of hydrogen-bond acceptors (Lipinski definition) is 5. The van der Waals surface area contributed by atoms with Crippen molar-refractivity contribution in [2.75, 3.05) is 11.9 Å². The van der Waals surface area contributed by atoms with Crippen molar-refractivity contribution in [3.05, 3.63) is 102 Å². The molecule has 2 N–H and O–H groups in total. The van der Waals surface area contributed by atoms with Crippen LogP contribution in [0, 0.1) is 11.3 Å². The number of rotatable bonds is 9. The molecule has 0 aliphatic heterocycles. The highest BCUT2D eigenvalue weighted by atomic mass is 19.4. The first kappa shape index (κ1) is 26.6. The summed E-state index contributed by atoms with van der Waals surface area (Å²) in [6, 6.07) is 21.3. The minimum atomic E-state index is -4.36. The van der Waals surface area contributed by atoms with Gasteiger partial charge < -0.3 is 10.6 Å². The first-order chi connectivity index (χ1) is 18.2. The van der Waals surface area contributed by atoms with Crippen molar-refractivity contribution in [3.63, 3.8) is 0 Å². The number of nitrogens with one attached hydrogen (secondary N) is 2. The number of hydrogen-bond donors (Lipinski definition) is 2. The van der Waals surface area contributed by atoms with Crippen LogP contribution in [0.4, 0.5) is 19.0 Å². The Morgan fingerprint density at radius 2 is 1.74 bits per heavy atom. The molecule has 4 aromatic rings. The lowest BCUT2D eigenvalue weighted by molar-refractivity contribution is -0.142. The Labute approximate surface area is 217 Å². The number of anilines is 1. The molecule has 0 fully saturated rings. The van der Waals surface area contributed by atoms with Crippen LogP contribution in [0.5, 0.6) is 0 Å². The van der Waals surface area contributed by atoms with Crippen molar-refractivity contribution in [2.45, 2.75) is 31.6 Å². The highest BCUT2D eigenvalue weighted by Crippen LogP contribution is 2.23. The van der Waals surface area contributed by atoms with Gasteiger partial charge in [-0.05, 0) is 41.3 Å². The summed E-state index contributed by atoms with van der Waals surface area (Å²) >= 11 is 0. The maximum absolute atomic E-state index is 13.3. The Morgan fingerprint density at radius 1 is 1.00 bits per heavy atom. The molecule has 0 saturated carbocycles. The summed E-state index contributed by atoms with van der Waals surface area (Å²) in [6.45, 7) is 1.37. The Morgan fingerprint density at radius 3 is 2.37 bits per heavy atom. The fraction of sp³-hybridized carbons (Fsp3) is 0.214. The number of halogens is 3. The first-order valence-corrected chi connectivity index (χ1v) is 11.9. The lowest BCUT2D eigenvalue weighted by atomic mass is 9.98. The fourth-order valence-electron chi connectivity index (χ4n) is 3.93. The fourth-order valence-corrected chi connectivity index (χ4v) is 3.93. The van der Waals surface area contributed by atoms with Gasteiger partial charge in [0.05, 0.1) is 17.8 Å². The topological polar surface area (TPSA) is 95.6 Å². The molecule has 0 unspecified atom stereocenters. The number of benzene rings is 2. The molecule has 0 bridgehead atoms. The molecule has 0 aliphatic carbocycles. The molecule has 2 heterocycles. The molecule has 2 aromatic heterocycles. The number of amides is 1. The summed E-state index contributed by atoms with van der Waals surface area (Å²) in [5.41, 5.74) is 3.47. The van der Waals surface area contributed by atoms with Crippen LogP contribution in [0.3, 0.4) is 0 Å². The normalized spacial score (nSPS) is 12.9. The van der Waals surface area contributed by atoms with Crippen LogP contribution in [0.15, 0.2) is 85.3 Å². The van der Waals surface area contributed by atoms with Crippen molar-refractivity contribution in [1.82, 2.24) is 20.1 Å². The molecule has 2 aromatic carbocycles. The minimum absolute atomic E-state index is 0.0809. The predicted octanol–water partition coefficient (Wildman–Crippen LogP) is 5.45. The number of alkyl halides is 3. The number of carbonyl (C=O) groups is 1. The smallest absolute Gasteiger partial charge is 0.309 e. The maximum Gasteiger partial charge on any atom is 0.408 e. The lowest BCUT2D eigenvalue weighted by Gasteiger charge is -2.21. The van der Waals surface area contributed by atoms with Crippen LogP contribution < -0.4 is 10.6 Å². The maximum atomic E-state index is 13.3. The molecule has 10 heteroatoms. The van der Waals surface area contributed by atoms with E-state index in [0.29, 0.717) is 29.1 Å². The van der Waals surface area contributed by atoms with E-state index in [0.717, 1.165) is 15.8 Å². The van der Waals surface area contributed by atoms with Crippen molar-refractivity contribution in [2.24, 2.45) is 0 Å². The number of pyridine rings is 1.